The van der Waals surface area contributed by atoms with Gasteiger partial charge in [-0.2, -0.15) is 0 Å². The van der Waals surface area contributed by atoms with E-state index in [1.165, 1.54) is 44.6 Å². The quantitative estimate of drug-likeness (QED) is 0.828. The average molecular weight is 390 g/mol. The third kappa shape index (κ3) is 4.16. The Morgan fingerprint density at radius 1 is 1.36 bits per heavy atom. The smallest absolute Gasteiger partial charge is 0.123 e. The molecule has 1 unspecified atom stereocenters. The Morgan fingerprint density at radius 3 is 2.95 bits per heavy atom. The molecule has 0 aromatic heterocycles. The predicted octanol–water partition coefficient (Wildman–Crippen LogP) is 3.85. The van der Waals surface area contributed by atoms with Gasteiger partial charge in [0.2, 0.25) is 0 Å². The summed E-state index contributed by atoms with van der Waals surface area (Å²) in [5, 5.41) is 3.53. The second-order valence-electron chi connectivity index (χ2n) is 6.49. The van der Waals surface area contributed by atoms with Gasteiger partial charge >= 0.3 is 0 Å². The Labute approximate surface area is 148 Å². The van der Waals surface area contributed by atoms with Crippen LogP contribution < -0.4 is 10.1 Å². The highest BCUT2D eigenvalue weighted by molar-refractivity contribution is 9.10. The fourth-order valence-electron chi connectivity index (χ4n) is 3.57. The second kappa shape index (κ2) is 8.00. The largest absolute Gasteiger partial charge is 0.493 e. The summed E-state index contributed by atoms with van der Waals surface area (Å²) in [6.45, 7) is 8.76. The number of nitrogens with one attached hydrogen (secondary N) is 1. The standard InChI is InChI=1S/C17H25BrN2O.ClH/c1-2-9-21-16-4-3-15(18)10-14(16)11-20-8-6-17(13-20)5-7-19-12-17;/h3-4,10,19H,2,5-9,11-13H2,1H3;1H. The van der Waals surface area contributed by atoms with Crippen molar-refractivity contribution in [3.8, 4) is 5.75 Å². The molecule has 2 aliphatic rings. The molecule has 1 atom stereocenters. The lowest BCUT2D eigenvalue weighted by molar-refractivity contribution is 0.260. The fourth-order valence-corrected chi connectivity index (χ4v) is 3.98. The van der Waals surface area contributed by atoms with Crippen LogP contribution >= 0.6 is 28.3 Å². The fraction of sp³-hybridized carbons (Fsp3) is 0.647. The van der Waals surface area contributed by atoms with E-state index < -0.39 is 0 Å². The molecule has 0 saturated carbocycles. The van der Waals surface area contributed by atoms with Gasteiger partial charge in [-0.3, -0.25) is 4.90 Å². The van der Waals surface area contributed by atoms with Crippen LogP contribution in [0.1, 0.15) is 31.7 Å². The number of hydrogen-bond acceptors (Lipinski definition) is 3. The van der Waals surface area contributed by atoms with Gasteiger partial charge in [-0.05, 0) is 56.0 Å². The lowest BCUT2D eigenvalue weighted by Gasteiger charge is -2.23. The van der Waals surface area contributed by atoms with Crippen molar-refractivity contribution in [3.05, 3.63) is 28.2 Å². The van der Waals surface area contributed by atoms with Crippen molar-refractivity contribution in [2.24, 2.45) is 5.41 Å². The molecule has 1 N–H and O–H groups in total. The summed E-state index contributed by atoms with van der Waals surface area (Å²) in [5.74, 6) is 1.05. The van der Waals surface area contributed by atoms with Crippen molar-refractivity contribution in [2.75, 3.05) is 32.8 Å². The van der Waals surface area contributed by atoms with Crippen LogP contribution in [-0.4, -0.2) is 37.7 Å². The molecule has 0 amide bonds. The Balaban J connectivity index is 0.00000176. The number of nitrogens with zero attached hydrogens (tertiary/aromatic N) is 1. The molecule has 0 radical (unpaired) electrons. The van der Waals surface area contributed by atoms with Gasteiger partial charge in [-0.15, -0.1) is 12.4 Å². The lowest BCUT2D eigenvalue weighted by atomic mass is 9.86. The second-order valence-corrected chi connectivity index (χ2v) is 7.40. The molecular weight excluding hydrogens is 364 g/mol. The van der Waals surface area contributed by atoms with E-state index in [9.17, 15) is 0 Å². The Bertz CT molecular complexity index is 492. The molecule has 1 spiro atoms. The van der Waals surface area contributed by atoms with Gasteiger partial charge in [-0.1, -0.05) is 22.9 Å². The van der Waals surface area contributed by atoms with Crippen LogP contribution in [0.5, 0.6) is 5.75 Å². The van der Waals surface area contributed by atoms with Gasteiger partial charge in [0.1, 0.15) is 5.75 Å². The van der Waals surface area contributed by atoms with E-state index in [0.29, 0.717) is 5.41 Å². The molecular formula is C17H26BrClN2O. The van der Waals surface area contributed by atoms with Gasteiger partial charge < -0.3 is 10.1 Å². The van der Waals surface area contributed by atoms with E-state index in [4.69, 9.17) is 4.74 Å². The van der Waals surface area contributed by atoms with E-state index in [0.717, 1.165) is 29.8 Å². The van der Waals surface area contributed by atoms with Crippen LogP contribution in [0.4, 0.5) is 0 Å². The van der Waals surface area contributed by atoms with Crippen LogP contribution in [-0.2, 0) is 6.54 Å². The predicted molar refractivity (Wildman–Crippen MR) is 97.0 cm³/mol. The van der Waals surface area contributed by atoms with E-state index in [1.54, 1.807) is 0 Å². The maximum Gasteiger partial charge on any atom is 0.123 e. The van der Waals surface area contributed by atoms with Crippen molar-refractivity contribution >= 4 is 28.3 Å². The summed E-state index contributed by atoms with van der Waals surface area (Å²) in [7, 11) is 0. The van der Waals surface area contributed by atoms with Crippen LogP contribution in [0.25, 0.3) is 0 Å². The summed E-state index contributed by atoms with van der Waals surface area (Å²) >= 11 is 3.59. The number of likely N-dealkylation sites (tertiary alicyclic amines) is 1. The summed E-state index contributed by atoms with van der Waals surface area (Å²) in [5.41, 5.74) is 1.84. The average Bonchev–Trinajstić information content (AvgIpc) is 3.09. The molecule has 1 aromatic carbocycles. The molecule has 2 heterocycles. The highest BCUT2D eigenvalue weighted by Crippen LogP contribution is 2.37. The molecule has 2 fully saturated rings. The first-order valence-corrected chi connectivity index (χ1v) is 8.84. The Kier molecular flexibility index (Phi) is 6.57. The van der Waals surface area contributed by atoms with Crippen LogP contribution in [0, 0.1) is 5.41 Å². The van der Waals surface area contributed by atoms with Crippen LogP contribution in [0.3, 0.4) is 0 Å². The van der Waals surface area contributed by atoms with E-state index >= 15 is 0 Å². The zero-order valence-corrected chi connectivity index (χ0v) is 15.6. The van der Waals surface area contributed by atoms with Crippen molar-refractivity contribution < 1.29 is 4.74 Å². The molecule has 2 saturated heterocycles. The highest BCUT2D eigenvalue weighted by atomic mass is 79.9. The number of rotatable bonds is 5. The summed E-state index contributed by atoms with van der Waals surface area (Å²) < 4.78 is 7.05. The number of benzene rings is 1. The molecule has 3 rings (SSSR count). The molecule has 0 aliphatic carbocycles. The first kappa shape index (κ1) is 18.1. The maximum absolute atomic E-state index is 5.91. The molecule has 22 heavy (non-hydrogen) atoms. The lowest BCUT2D eigenvalue weighted by Crippen LogP contribution is -2.29. The minimum atomic E-state index is 0. The first-order chi connectivity index (χ1) is 10.2. The third-order valence-electron chi connectivity index (χ3n) is 4.73. The normalized spacial score (nSPS) is 24.6. The van der Waals surface area contributed by atoms with E-state index in [-0.39, 0.29) is 12.4 Å². The van der Waals surface area contributed by atoms with E-state index in [1.807, 2.05) is 0 Å². The van der Waals surface area contributed by atoms with Crippen molar-refractivity contribution in [2.45, 2.75) is 32.7 Å². The molecule has 1 aromatic rings. The summed E-state index contributed by atoms with van der Waals surface area (Å²) in [4.78, 5) is 2.59. The SMILES string of the molecule is CCCOc1ccc(Br)cc1CN1CCC2(CCNC2)C1.Cl. The van der Waals surface area contributed by atoms with Gasteiger partial charge in [0.25, 0.3) is 0 Å². The summed E-state index contributed by atoms with van der Waals surface area (Å²) in [6, 6.07) is 6.38. The third-order valence-corrected chi connectivity index (χ3v) is 5.22. The number of hydrogen-bond donors (Lipinski definition) is 1. The monoisotopic (exact) mass is 388 g/mol. The zero-order chi connectivity index (χ0) is 14.7. The molecule has 0 bridgehead atoms. The number of halogens is 2. The number of ether oxygens (including phenoxy) is 1. The van der Waals surface area contributed by atoms with Gasteiger partial charge in [0.05, 0.1) is 6.61 Å². The van der Waals surface area contributed by atoms with Crippen molar-refractivity contribution in [1.82, 2.24) is 10.2 Å². The van der Waals surface area contributed by atoms with Gasteiger partial charge in [0, 0.05) is 29.7 Å². The van der Waals surface area contributed by atoms with Crippen LogP contribution in [0.2, 0.25) is 0 Å². The molecule has 2 aliphatic heterocycles. The zero-order valence-electron chi connectivity index (χ0n) is 13.2. The molecule has 124 valence electrons. The van der Waals surface area contributed by atoms with Crippen molar-refractivity contribution in [1.29, 1.82) is 0 Å². The van der Waals surface area contributed by atoms with E-state index in [2.05, 4.69) is 51.3 Å². The molecule has 3 nitrogen and oxygen atoms in total. The Hall–Kier alpha value is -0.290. The maximum atomic E-state index is 5.91. The van der Waals surface area contributed by atoms with Crippen molar-refractivity contribution in [3.63, 3.8) is 0 Å². The molecule has 5 heteroatoms. The van der Waals surface area contributed by atoms with Gasteiger partial charge in [0.15, 0.2) is 0 Å². The Morgan fingerprint density at radius 2 is 2.23 bits per heavy atom. The highest BCUT2D eigenvalue weighted by Gasteiger charge is 2.40. The van der Waals surface area contributed by atoms with Crippen LogP contribution in [0.15, 0.2) is 22.7 Å². The minimum Gasteiger partial charge on any atom is -0.493 e. The minimum absolute atomic E-state index is 0. The first-order valence-electron chi connectivity index (χ1n) is 8.05. The topological polar surface area (TPSA) is 24.5 Å². The van der Waals surface area contributed by atoms with Gasteiger partial charge in [-0.25, -0.2) is 0 Å². The summed E-state index contributed by atoms with van der Waals surface area (Å²) in [6.07, 6.45) is 3.72.